The molecule has 0 bridgehead atoms. The lowest BCUT2D eigenvalue weighted by molar-refractivity contribution is 1.45. The van der Waals surface area contributed by atoms with Crippen LogP contribution < -0.4 is 0 Å². The lowest BCUT2D eigenvalue weighted by Crippen LogP contribution is -1.71. The van der Waals surface area contributed by atoms with Crippen molar-refractivity contribution >= 4 is 29.7 Å². The molecule has 0 aromatic heterocycles. The highest BCUT2D eigenvalue weighted by Gasteiger charge is 1.94. The molecule has 0 aliphatic rings. The predicted molar refractivity (Wildman–Crippen MR) is 45.6 cm³/mol. The van der Waals surface area contributed by atoms with Gasteiger partial charge in [0.1, 0.15) is 0 Å². The van der Waals surface area contributed by atoms with Gasteiger partial charge in [0.15, 0.2) is 0 Å². The van der Waals surface area contributed by atoms with E-state index in [-0.39, 0.29) is 0 Å². The van der Waals surface area contributed by atoms with Gasteiger partial charge >= 0.3 is 0 Å². The topological polar surface area (TPSA) is 12.4 Å². The van der Waals surface area contributed by atoms with Crippen molar-refractivity contribution in [3.8, 4) is 0 Å². The zero-order valence-corrected chi connectivity index (χ0v) is 7.04. The van der Waals surface area contributed by atoms with Gasteiger partial charge in [-0.25, -0.2) is 0 Å². The van der Waals surface area contributed by atoms with Gasteiger partial charge in [-0.2, -0.15) is 4.36 Å². The van der Waals surface area contributed by atoms with Crippen molar-refractivity contribution in [1.82, 2.24) is 0 Å². The second-order valence-corrected chi connectivity index (χ2v) is 2.61. The van der Waals surface area contributed by atoms with E-state index < -0.39 is 0 Å². The molecule has 1 aromatic rings. The van der Waals surface area contributed by atoms with Crippen LogP contribution in [0.3, 0.4) is 0 Å². The summed E-state index contributed by atoms with van der Waals surface area (Å²) < 4.78 is 3.57. The Morgan fingerprint density at radius 2 is 2.20 bits per heavy atom. The van der Waals surface area contributed by atoms with Crippen LogP contribution in [-0.2, 0) is 12.4 Å². The maximum atomic E-state index is 5.79. The van der Waals surface area contributed by atoms with Gasteiger partial charge in [0.25, 0.3) is 0 Å². The fraction of sp³-hybridized carbons (Fsp3) is 0.143. The number of aryl methyl sites for hydroxylation is 1. The maximum absolute atomic E-state index is 5.79. The summed E-state index contributed by atoms with van der Waals surface area (Å²) in [5, 5.41) is 0.714. The average molecular weight is 172 g/mol. The molecule has 0 unspecified atom stereocenters. The van der Waals surface area contributed by atoms with Gasteiger partial charge in [0.2, 0.25) is 0 Å². The molecule has 0 saturated heterocycles. The molecule has 0 amide bonds. The Bertz CT molecular complexity index is 260. The van der Waals surface area contributed by atoms with Crippen molar-refractivity contribution in [3.05, 3.63) is 28.8 Å². The monoisotopic (exact) mass is 171 g/mol. The molecule has 1 nitrogen and oxygen atoms in total. The van der Waals surface area contributed by atoms with E-state index in [4.69, 9.17) is 11.6 Å². The number of benzene rings is 1. The molecular formula is C7H6ClNS. The molecule has 0 spiro atoms. The molecule has 0 aliphatic carbocycles. The smallest absolute Gasteiger partial charge is 0.0784 e. The third-order valence-corrected chi connectivity index (χ3v) is 1.88. The van der Waals surface area contributed by atoms with Gasteiger partial charge in [0.05, 0.1) is 5.69 Å². The first-order chi connectivity index (χ1) is 4.74. The van der Waals surface area contributed by atoms with Crippen molar-refractivity contribution < 1.29 is 0 Å². The predicted octanol–water partition coefficient (Wildman–Crippen LogP) is 3.01. The van der Waals surface area contributed by atoms with Crippen LogP contribution in [0.25, 0.3) is 0 Å². The van der Waals surface area contributed by atoms with Gasteiger partial charge in [-0.3, -0.25) is 0 Å². The third-order valence-electron chi connectivity index (χ3n) is 1.26. The fourth-order valence-electron chi connectivity index (χ4n) is 0.639. The van der Waals surface area contributed by atoms with Gasteiger partial charge in [-0.1, -0.05) is 17.7 Å². The van der Waals surface area contributed by atoms with E-state index >= 15 is 0 Å². The van der Waals surface area contributed by atoms with Crippen LogP contribution in [0.4, 0.5) is 5.69 Å². The van der Waals surface area contributed by atoms with Crippen molar-refractivity contribution in [2.75, 3.05) is 0 Å². The standard InChI is InChI=1S/C7H6ClNS/c1-5-2-3-6(9-10)4-7(5)8/h2-4H,1H3. The summed E-state index contributed by atoms with van der Waals surface area (Å²) in [6.07, 6.45) is 0. The summed E-state index contributed by atoms with van der Waals surface area (Å²) in [4.78, 5) is 0. The van der Waals surface area contributed by atoms with Gasteiger partial charge in [0, 0.05) is 17.4 Å². The molecule has 0 saturated carbocycles. The largest absolute Gasteiger partial charge is 0.182 e. The molecular weight excluding hydrogens is 166 g/mol. The van der Waals surface area contributed by atoms with Crippen molar-refractivity contribution in [3.63, 3.8) is 0 Å². The molecule has 52 valence electrons. The Balaban J connectivity index is 3.16. The zero-order valence-electron chi connectivity index (χ0n) is 5.47. The fourth-order valence-corrected chi connectivity index (χ4v) is 0.927. The lowest BCUT2D eigenvalue weighted by Gasteiger charge is -1.95. The van der Waals surface area contributed by atoms with Crippen LogP contribution in [0, 0.1) is 6.92 Å². The van der Waals surface area contributed by atoms with Crippen LogP contribution in [0.15, 0.2) is 22.6 Å². The summed E-state index contributed by atoms with van der Waals surface area (Å²) in [5.74, 6) is 0. The minimum Gasteiger partial charge on any atom is -0.182 e. The summed E-state index contributed by atoms with van der Waals surface area (Å²) in [6, 6.07) is 5.49. The molecule has 1 rings (SSSR count). The first kappa shape index (κ1) is 7.63. The number of halogens is 1. The highest BCUT2D eigenvalue weighted by molar-refractivity contribution is 7.47. The SMILES string of the molecule is Cc1ccc(N=S)cc1Cl. The Morgan fingerprint density at radius 3 is 2.70 bits per heavy atom. The number of hydrogen-bond acceptors (Lipinski definition) is 2. The maximum Gasteiger partial charge on any atom is 0.0784 e. The average Bonchev–Trinajstić information content (AvgIpc) is 1.95. The molecule has 1 aromatic carbocycles. The second-order valence-electron chi connectivity index (χ2n) is 2.02. The van der Waals surface area contributed by atoms with E-state index in [1.807, 2.05) is 19.1 Å². The molecule has 0 aliphatic heterocycles. The summed E-state index contributed by atoms with van der Waals surface area (Å²) in [5.41, 5.74) is 1.79. The van der Waals surface area contributed by atoms with Gasteiger partial charge in [-0.15, -0.1) is 0 Å². The quantitative estimate of drug-likeness (QED) is 0.633. The van der Waals surface area contributed by atoms with E-state index in [1.165, 1.54) is 0 Å². The van der Waals surface area contributed by atoms with Crippen LogP contribution in [-0.4, -0.2) is 0 Å². The minimum absolute atomic E-state index is 0.714. The van der Waals surface area contributed by atoms with E-state index in [0.717, 1.165) is 11.3 Å². The van der Waals surface area contributed by atoms with Crippen LogP contribution >= 0.6 is 11.6 Å². The number of nitrogens with zero attached hydrogens (tertiary/aromatic N) is 1. The molecule has 10 heavy (non-hydrogen) atoms. The van der Waals surface area contributed by atoms with Crippen molar-refractivity contribution in [1.29, 1.82) is 0 Å². The minimum atomic E-state index is 0.714. The molecule has 0 fully saturated rings. The molecule has 3 heteroatoms. The number of hydrogen-bond donors (Lipinski definition) is 0. The normalized spacial score (nSPS) is 9.40. The van der Waals surface area contributed by atoms with E-state index in [0.29, 0.717) is 5.02 Å². The number of rotatable bonds is 1. The summed E-state index contributed by atoms with van der Waals surface area (Å²) >= 11 is 10.3. The van der Waals surface area contributed by atoms with E-state index in [1.54, 1.807) is 6.07 Å². The third kappa shape index (κ3) is 1.52. The van der Waals surface area contributed by atoms with Crippen molar-refractivity contribution in [2.24, 2.45) is 4.36 Å². The summed E-state index contributed by atoms with van der Waals surface area (Å²) in [6.45, 7) is 1.94. The van der Waals surface area contributed by atoms with E-state index in [2.05, 4.69) is 16.8 Å². The first-order valence-electron chi connectivity index (χ1n) is 2.83. The Hall–Kier alpha value is -0.470. The highest BCUT2D eigenvalue weighted by Crippen LogP contribution is 2.21. The second kappa shape index (κ2) is 3.08. The summed E-state index contributed by atoms with van der Waals surface area (Å²) in [7, 11) is 0. The lowest BCUT2D eigenvalue weighted by atomic mass is 10.2. The Morgan fingerprint density at radius 1 is 1.50 bits per heavy atom. The Labute approximate surface area is 70.2 Å². The first-order valence-corrected chi connectivity index (χ1v) is 3.58. The van der Waals surface area contributed by atoms with Gasteiger partial charge in [-0.05, 0) is 24.6 Å². The van der Waals surface area contributed by atoms with Gasteiger partial charge < -0.3 is 0 Å². The molecule has 0 heterocycles. The van der Waals surface area contributed by atoms with Crippen LogP contribution in [0.5, 0.6) is 0 Å². The van der Waals surface area contributed by atoms with E-state index in [9.17, 15) is 0 Å². The van der Waals surface area contributed by atoms with Crippen molar-refractivity contribution in [2.45, 2.75) is 6.92 Å². The van der Waals surface area contributed by atoms with Crippen LogP contribution in [0.1, 0.15) is 5.56 Å². The molecule has 0 atom stereocenters. The van der Waals surface area contributed by atoms with Crippen LogP contribution in [0.2, 0.25) is 5.02 Å². The highest BCUT2D eigenvalue weighted by atomic mass is 35.5. The molecule has 0 radical (unpaired) electrons. The zero-order chi connectivity index (χ0) is 7.56. The molecule has 0 N–H and O–H groups in total. The Kier molecular flexibility index (Phi) is 2.35.